The Kier molecular flexibility index (Phi) is 10.6. The first-order chi connectivity index (χ1) is 21.4. The van der Waals surface area contributed by atoms with Gasteiger partial charge in [0.25, 0.3) is 0 Å². The number of fused-ring (bicyclic) bond motifs is 5. The Labute approximate surface area is 274 Å². The van der Waals surface area contributed by atoms with E-state index in [1.807, 2.05) is 25.1 Å². The minimum absolute atomic E-state index is 0.0560. The van der Waals surface area contributed by atoms with Gasteiger partial charge >= 0.3 is 5.97 Å². The van der Waals surface area contributed by atoms with Gasteiger partial charge in [-0.05, 0) is 141 Å². The molecule has 3 saturated carbocycles. The van der Waals surface area contributed by atoms with E-state index in [0.717, 1.165) is 71.9 Å². The van der Waals surface area contributed by atoms with Crippen LogP contribution in [0.5, 0.6) is 0 Å². The zero-order valence-electron chi connectivity index (χ0n) is 29.8. The number of hydrogen-bond acceptors (Lipinski definition) is 3. The first-order valence-corrected chi connectivity index (χ1v) is 18.6. The van der Waals surface area contributed by atoms with Crippen molar-refractivity contribution in [1.29, 1.82) is 0 Å². The smallest absolute Gasteiger partial charge is 0.306 e. The zero-order chi connectivity index (χ0) is 32.5. The summed E-state index contributed by atoms with van der Waals surface area (Å²) < 4.78 is 5.99. The summed E-state index contributed by atoms with van der Waals surface area (Å²) in [5.74, 6) is 5.43. The summed E-state index contributed by atoms with van der Waals surface area (Å²) in [6.07, 6.45) is 16.6. The molecule has 0 aromatic heterocycles. The highest BCUT2D eigenvalue weighted by Gasteiger charge is 2.59. The lowest BCUT2D eigenvalue weighted by Gasteiger charge is -2.58. The fourth-order valence-corrected chi connectivity index (χ4v) is 10.9. The van der Waals surface area contributed by atoms with Crippen molar-refractivity contribution in [2.45, 2.75) is 145 Å². The van der Waals surface area contributed by atoms with Crippen LogP contribution >= 0.6 is 0 Å². The van der Waals surface area contributed by atoms with Crippen LogP contribution in [0.15, 0.2) is 29.8 Å². The lowest BCUT2D eigenvalue weighted by Crippen LogP contribution is -2.51. The van der Waals surface area contributed by atoms with Crippen LogP contribution in [0.3, 0.4) is 0 Å². The van der Waals surface area contributed by atoms with Crippen molar-refractivity contribution >= 4 is 17.6 Å². The molecule has 5 rings (SSSR count). The molecule has 0 unspecified atom stereocenters. The first-order valence-electron chi connectivity index (χ1n) is 18.6. The van der Waals surface area contributed by atoms with Crippen molar-refractivity contribution < 1.29 is 14.3 Å². The number of carbonyl (C=O) groups is 2. The van der Waals surface area contributed by atoms with Gasteiger partial charge < -0.3 is 10.1 Å². The van der Waals surface area contributed by atoms with Crippen molar-refractivity contribution in [3.8, 4) is 0 Å². The third-order valence-electron chi connectivity index (χ3n) is 13.9. The quantitative estimate of drug-likeness (QED) is 0.198. The molecule has 0 spiro atoms. The van der Waals surface area contributed by atoms with E-state index in [1.165, 1.54) is 56.9 Å². The van der Waals surface area contributed by atoms with Crippen LogP contribution in [0.25, 0.3) is 0 Å². The molecule has 3 fully saturated rings. The van der Waals surface area contributed by atoms with Crippen LogP contribution in [0.1, 0.15) is 136 Å². The number of nitrogens with one attached hydrogen (secondary N) is 1. The molecule has 9 atom stereocenters. The Hall–Kier alpha value is -2.10. The zero-order valence-corrected chi connectivity index (χ0v) is 29.8. The summed E-state index contributed by atoms with van der Waals surface area (Å²) in [6.45, 7) is 19.1. The Morgan fingerprint density at radius 1 is 0.956 bits per heavy atom. The lowest BCUT2D eigenvalue weighted by atomic mass is 9.47. The number of anilines is 1. The van der Waals surface area contributed by atoms with Gasteiger partial charge in [-0.25, -0.2) is 0 Å². The molecule has 0 bridgehead atoms. The number of esters is 1. The van der Waals surface area contributed by atoms with Gasteiger partial charge in [0.05, 0.1) is 6.42 Å². The second-order valence-corrected chi connectivity index (χ2v) is 16.7. The number of aryl methyl sites for hydroxylation is 2. The van der Waals surface area contributed by atoms with Crippen LogP contribution in [0.4, 0.5) is 5.69 Å². The molecule has 1 amide bonds. The van der Waals surface area contributed by atoms with Gasteiger partial charge in [-0.2, -0.15) is 0 Å². The highest BCUT2D eigenvalue weighted by molar-refractivity contribution is 5.92. The van der Waals surface area contributed by atoms with Crippen LogP contribution in [0, 0.1) is 66.1 Å². The Balaban J connectivity index is 1.14. The van der Waals surface area contributed by atoms with Gasteiger partial charge in [0.1, 0.15) is 6.10 Å². The standard InChI is InChI=1S/C41H63NO3/c1-9-30(26(2)3)12-10-28(5)35-16-17-36-34-15-13-31-25-33(20-22-40(31,7)37(34)21-23-41(35,36)8)45-39(44)19-18-38(43)42-32-14-11-27(4)29(6)24-32/h11,13-14,24,26,28,30,33-37H,9-10,12,15-23,25H2,1-8H3,(H,42,43)/t28-,30-,33+,34+,35-,36+,37+,40+,41-/m1/s1. The first kappa shape index (κ1) is 34.2. The van der Waals surface area contributed by atoms with Gasteiger partial charge in [0, 0.05) is 18.5 Å². The maximum absolute atomic E-state index is 12.8. The van der Waals surface area contributed by atoms with Crippen LogP contribution < -0.4 is 5.32 Å². The number of hydrogen-bond donors (Lipinski definition) is 1. The van der Waals surface area contributed by atoms with Crippen LogP contribution in [-0.4, -0.2) is 18.0 Å². The second kappa shape index (κ2) is 13.9. The number of ether oxygens (including phenoxy) is 1. The highest BCUT2D eigenvalue weighted by atomic mass is 16.5. The predicted octanol–water partition coefficient (Wildman–Crippen LogP) is 10.6. The number of amides is 1. The minimum atomic E-state index is -0.244. The molecule has 1 aromatic carbocycles. The molecule has 4 heteroatoms. The summed E-state index contributed by atoms with van der Waals surface area (Å²) >= 11 is 0. The van der Waals surface area contributed by atoms with E-state index < -0.39 is 0 Å². The third kappa shape index (κ3) is 7.10. The van der Waals surface area contributed by atoms with E-state index in [9.17, 15) is 9.59 Å². The Bertz CT molecular complexity index is 1250. The van der Waals surface area contributed by atoms with Gasteiger partial charge in [0.2, 0.25) is 5.91 Å². The van der Waals surface area contributed by atoms with Crippen LogP contribution in [-0.2, 0) is 14.3 Å². The number of rotatable bonds is 11. The van der Waals surface area contributed by atoms with E-state index in [0.29, 0.717) is 5.41 Å². The molecule has 4 aliphatic rings. The summed E-state index contributed by atoms with van der Waals surface area (Å²) in [7, 11) is 0. The fourth-order valence-electron chi connectivity index (χ4n) is 10.9. The molecule has 0 saturated heterocycles. The fraction of sp³-hybridized carbons (Fsp3) is 0.756. The molecular weight excluding hydrogens is 554 g/mol. The van der Waals surface area contributed by atoms with Crippen molar-refractivity contribution in [1.82, 2.24) is 0 Å². The number of allylic oxidation sites excluding steroid dienone is 1. The topological polar surface area (TPSA) is 55.4 Å². The molecule has 4 aliphatic carbocycles. The van der Waals surface area contributed by atoms with Gasteiger partial charge in [-0.1, -0.05) is 72.1 Å². The molecule has 0 heterocycles. The Morgan fingerprint density at radius 2 is 1.73 bits per heavy atom. The highest BCUT2D eigenvalue weighted by Crippen LogP contribution is 2.67. The second-order valence-electron chi connectivity index (χ2n) is 16.7. The summed E-state index contributed by atoms with van der Waals surface area (Å²) in [6, 6.07) is 5.89. The van der Waals surface area contributed by atoms with E-state index in [2.05, 4.69) is 59.9 Å². The minimum Gasteiger partial charge on any atom is -0.462 e. The summed E-state index contributed by atoms with van der Waals surface area (Å²) in [5.41, 5.74) is 5.41. The number of benzene rings is 1. The van der Waals surface area contributed by atoms with E-state index in [4.69, 9.17) is 4.74 Å². The molecule has 0 radical (unpaired) electrons. The van der Waals surface area contributed by atoms with Crippen molar-refractivity contribution in [2.24, 2.45) is 52.3 Å². The normalized spacial score (nSPS) is 33.8. The molecule has 1 aromatic rings. The monoisotopic (exact) mass is 617 g/mol. The third-order valence-corrected chi connectivity index (χ3v) is 13.9. The summed E-state index contributed by atoms with van der Waals surface area (Å²) in [5, 5.41) is 2.93. The molecule has 0 aliphatic heterocycles. The van der Waals surface area contributed by atoms with E-state index in [1.54, 1.807) is 5.57 Å². The van der Waals surface area contributed by atoms with Gasteiger partial charge in [-0.3, -0.25) is 9.59 Å². The van der Waals surface area contributed by atoms with Crippen molar-refractivity contribution in [2.75, 3.05) is 5.32 Å². The molecule has 1 N–H and O–H groups in total. The van der Waals surface area contributed by atoms with Crippen LogP contribution in [0.2, 0.25) is 0 Å². The van der Waals surface area contributed by atoms with Gasteiger partial charge in [0.15, 0.2) is 0 Å². The number of carbonyl (C=O) groups excluding carboxylic acids is 2. The largest absolute Gasteiger partial charge is 0.462 e. The average Bonchev–Trinajstić information content (AvgIpc) is 3.35. The molecule has 4 nitrogen and oxygen atoms in total. The average molecular weight is 618 g/mol. The van der Waals surface area contributed by atoms with Crippen molar-refractivity contribution in [3.63, 3.8) is 0 Å². The summed E-state index contributed by atoms with van der Waals surface area (Å²) in [4.78, 5) is 25.3. The molecule has 45 heavy (non-hydrogen) atoms. The lowest BCUT2D eigenvalue weighted by molar-refractivity contribution is -0.152. The predicted molar refractivity (Wildman–Crippen MR) is 186 cm³/mol. The molecular formula is C41H63NO3. The maximum Gasteiger partial charge on any atom is 0.306 e. The Morgan fingerprint density at radius 3 is 2.44 bits per heavy atom. The van der Waals surface area contributed by atoms with Gasteiger partial charge in [-0.15, -0.1) is 0 Å². The maximum atomic E-state index is 12.8. The van der Waals surface area contributed by atoms with E-state index in [-0.39, 0.29) is 36.2 Å². The van der Waals surface area contributed by atoms with E-state index >= 15 is 0 Å². The van der Waals surface area contributed by atoms with Crippen molar-refractivity contribution in [3.05, 3.63) is 41.0 Å². The molecule has 250 valence electrons. The SMILES string of the molecule is CC[C@H](CC[C@@H](C)[C@H]1CC[C@H]2[C@@H]3CC=C4C[C@@H](OC(=O)CCC(=O)Nc5ccc(C)c(C)c5)CC[C@]4(C)[C@H]3CC[C@]12C)C(C)C.